The van der Waals surface area contributed by atoms with Crippen molar-refractivity contribution in [2.45, 2.75) is 6.92 Å². The van der Waals surface area contributed by atoms with E-state index in [9.17, 15) is 9.59 Å². The summed E-state index contributed by atoms with van der Waals surface area (Å²) in [6.07, 6.45) is 3.38. The zero-order valence-electron chi connectivity index (χ0n) is 6.63. The minimum absolute atomic E-state index is 0. The molecule has 1 aromatic rings. The molecule has 12 heavy (non-hydrogen) atoms. The van der Waals surface area contributed by atoms with Crippen LogP contribution in [0.15, 0.2) is 18.2 Å². The molecule has 0 heterocycles. The first kappa shape index (κ1) is 11.7. The van der Waals surface area contributed by atoms with Crippen LogP contribution < -0.4 is 0 Å². The van der Waals surface area contributed by atoms with Gasteiger partial charge in [0.2, 0.25) is 0 Å². The van der Waals surface area contributed by atoms with Crippen molar-refractivity contribution in [2.24, 2.45) is 0 Å². The van der Waals surface area contributed by atoms with E-state index in [2.05, 4.69) is 0 Å². The molecule has 3 heteroatoms. The number of aryl methyl sites for hydroxylation is 1. The van der Waals surface area contributed by atoms with Gasteiger partial charge < -0.3 is 9.59 Å². The number of hydrogen-bond donors (Lipinski definition) is 0. The first-order chi connectivity index (χ1) is 5.29. The Balaban J connectivity index is 0.00000121. The Labute approximate surface area is 96.2 Å². The fraction of sp³-hybridized carbons (Fsp3) is 0.111. The summed E-state index contributed by atoms with van der Waals surface area (Å²) in [7, 11) is 0. The minimum atomic E-state index is 0. The van der Waals surface area contributed by atoms with Crippen molar-refractivity contribution in [1.29, 1.82) is 0 Å². The van der Waals surface area contributed by atoms with Gasteiger partial charge in [-0.25, -0.2) is 11.6 Å². The van der Waals surface area contributed by atoms with Gasteiger partial charge in [-0.15, -0.1) is 12.1 Å². The monoisotopic (exact) mass is 235 g/mol. The second-order valence-corrected chi connectivity index (χ2v) is 2.20. The fourth-order valence-corrected chi connectivity index (χ4v) is 0.888. The standard InChI is InChI=1S/C9H6O2.Y/c1-7-3-2-4-8(5-10)9(7)6-11;/h2-4H,1H3;/q-2;. The fourth-order valence-electron chi connectivity index (χ4n) is 0.888. The molecule has 59 valence electrons. The quantitative estimate of drug-likeness (QED) is 0.714. The maximum Gasteiger partial charge on any atom is 0 e. The summed E-state index contributed by atoms with van der Waals surface area (Å²) in [6.45, 7) is 1.75. The average molecular weight is 235 g/mol. The van der Waals surface area contributed by atoms with E-state index >= 15 is 0 Å². The largest absolute Gasteiger partial charge is 0.391 e. The molecule has 0 aliphatic heterocycles. The van der Waals surface area contributed by atoms with Crippen molar-refractivity contribution in [2.75, 3.05) is 0 Å². The summed E-state index contributed by atoms with van der Waals surface area (Å²) in [5, 5.41) is 0. The first-order valence-corrected chi connectivity index (χ1v) is 3.15. The molecule has 0 N–H and O–H groups in total. The van der Waals surface area contributed by atoms with Gasteiger partial charge >= 0.3 is 0 Å². The van der Waals surface area contributed by atoms with Gasteiger partial charge in [0.1, 0.15) is 0 Å². The van der Waals surface area contributed by atoms with Gasteiger partial charge in [-0.1, -0.05) is 6.92 Å². The molecule has 1 radical (unpaired) electrons. The van der Waals surface area contributed by atoms with Crippen molar-refractivity contribution in [3.05, 3.63) is 34.9 Å². The normalized spacial score (nSPS) is 8.42. The van der Waals surface area contributed by atoms with Crippen molar-refractivity contribution < 1.29 is 42.3 Å². The predicted octanol–water partition coefficient (Wildman–Crippen LogP) is 0.908. The Morgan fingerprint density at radius 2 is 1.83 bits per heavy atom. The number of hydrogen-bond acceptors (Lipinski definition) is 2. The molecule has 0 aromatic heterocycles. The Kier molecular flexibility index (Phi) is 5.18. The Morgan fingerprint density at radius 1 is 1.17 bits per heavy atom. The maximum absolute atomic E-state index is 10.3. The molecule has 0 amide bonds. The molecule has 0 spiro atoms. The smallest absolute Gasteiger partial charge is 0 e. The molecule has 0 saturated heterocycles. The van der Waals surface area contributed by atoms with Gasteiger partial charge in [-0.2, -0.15) is 0 Å². The summed E-state index contributed by atoms with van der Waals surface area (Å²) in [6, 6.07) is 5.00. The third kappa shape index (κ3) is 2.32. The van der Waals surface area contributed by atoms with E-state index in [0.29, 0.717) is 5.56 Å². The van der Waals surface area contributed by atoms with Gasteiger partial charge in [-0.05, 0) is 12.6 Å². The number of benzene rings is 1. The van der Waals surface area contributed by atoms with Crippen molar-refractivity contribution >= 4 is 12.6 Å². The minimum Gasteiger partial charge on any atom is -0.391 e. The molecule has 0 saturated carbocycles. The SMILES string of the molecule is Cc1cccc([C-]=O)c1[C-]=O.[Y]. The molecule has 1 aromatic carbocycles. The molecular formula is C9H6O2Y-2. The zero-order valence-corrected chi connectivity index (χ0v) is 9.46. The van der Waals surface area contributed by atoms with Crippen LogP contribution in [0.3, 0.4) is 0 Å². The van der Waals surface area contributed by atoms with Gasteiger partial charge in [0.25, 0.3) is 0 Å². The Morgan fingerprint density at radius 3 is 2.25 bits per heavy atom. The van der Waals surface area contributed by atoms with E-state index in [1.54, 1.807) is 37.7 Å². The number of rotatable bonds is 2. The molecule has 0 fully saturated rings. The molecule has 0 aliphatic carbocycles. The van der Waals surface area contributed by atoms with Crippen molar-refractivity contribution in [1.82, 2.24) is 0 Å². The van der Waals surface area contributed by atoms with Crippen molar-refractivity contribution in [3.63, 3.8) is 0 Å². The number of carbonyl (C=O) groups excluding carboxylic acids is 2. The molecule has 0 atom stereocenters. The van der Waals surface area contributed by atoms with Gasteiger partial charge in [-0.3, -0.25) is 11.1 Å². The zero-order chi connectivity index (χ0) is 8.27. The van der Waals surface area contributed by atoms with Crippen LogP contribution in [0.5, 0.6) is 0 Å². The molecule has 0 unspecified atom stereocenters. The second kappa shape index (κ2) is 5.33. The summed E-state index contributed by atoms with van der Waals surface area (Å²) in [5.74, 6) is 0. The third-order valence-corrected chi connectivity index (χ3v) is 1.48. The van der Waals surface area contributed by atoms with E-state index in [1.165, 1.54) is 0 Å². The maximum atomic E-state index is 10.3. The Hall–Kier alpha value is -0.336. The molecule has 1 rings (SSSR count). The summed E-state index contributed by atoms with van der Waals surface area (Å²) < 4.78 is 0. The van der Waals surface area contributed by atoms with Crippen LogP contribution in [0.1, 0.15) is 16.7 Å². The van der Waals surface area contributed by atoms with E-state index in [1.807, 2.05) is 0 Å². The van der Waals surface area contributed by atoms with Gasteiger partial charge in [0.05, 0.1) is 0 Å². The van der Waals surface area contributed by atoms with Crippen LogP contribution in [-0.4, -0.2) is 12.6 Å². The predicted molar refractivity (Wildman–Crippen MR) is 40.8 cm³/mol. The van der Waals surface area contributed by atoms with Crippen molar-refractivity contribution in [3.8, 4) is 0 Å². The second-order valence-electron chi connectivity index (χ2n) is 2.20. The van der Waals surface area contributed by atoms with E-state index in [0.717, 1.165) is 5.56 Å². The van der Waals surface area contributed by atoms with Crippen LogP contribution in [-0.2, 0) is 42.3 Å². The summed E-state index contributed by atoms with van der Waals surface area (Å²) in [5.41, 5.74) is 1.34. The molecular weight excluding hydrogens is 229 g/mol. The molecule has 2 nitrogen and oxygen atoms in total. The molecule has 0 aliphatic rings. The van der Waals surface area contributed by atoms with Gasteiger partial charge in [0.15, 0.2) is 0 Å². The van der Waals surface area contributed by atoms with Crippen LogP contribution >= 0.6 is 0 Å². The van der Waals surface area contributed by atoms with Crippen LogP contribution in [0, 0.1) is 6.92 Å². The summed E-state index contributed by atoms with van der Waals surface area (Å²) in [4.78, 5) is 20.5. The van der Waals surface area contributed by atoms with Gasteiger partial charge in [0, 0.05) is 32.7 Å². The molecule has 0 bridgehead atoms. The van der Waals surface area contributed by atoms with Crippen LogP contribution in [0.4, 0.5) is 0 Å². The Bertz CT molecular complexity index is 295. The van der Waals surface area contributed by atoms with Crippen LogP contribution in [0.2, 0.25) is 0 Å². The van der Waals surface area contributed by atoms with E-state index in [4.69, 9.17) is 0 Å². The first-order valence-electron chi connectivity index (χ1n) is 3.15. The van der Waals surface area contributed by atoms with E-state index < -0.39 is 0 Å². The summed E-state index contributed by atoms with van der Waals surface area (Å²) >= 11 is 0. The third-order valence-electron chi connectivity index (χ3n) is 1.48. The average Bonchev–Trinajstić information content (AvgIpc) is 2.04. The van der Waals surface area contributed by atoms with E-state index in [-0.39, 0.29) is 38.3 Å². The topological polar surface area (TPSA) is 34.1 Å². The van der Waals surface area contributed by atoms with Crippen LogP contribution in [0.25, 0.3) is 0 Å².